The van der Waals surface area contributed by atoms with E-state index in [9.17, 15) is 0 Å². The van der Waals surface area contributed by atoms with Crippen molar-refractivity contribution in [1.82, 2.24) is 5.32 Å². The van der Waals surface area contributed by atoms with Crippen molar-refractivity contribution < 1.29 is 9.47 Å². The predicted molar refractivity (Wildman–Crippen MR) is 80.7 cm³/mol. The van der Waals surface area contributed by atoms with Crippen molar-refractivity contribution in [2.24, 2.45) is 5.41 Å². The highest BCUT2D eigenvalue weighted by molar-refractivity contribution is 5.45. The Hall–Kier alpha value is -1.22. The normalized spacial score (nSPS) is 27.6. The third-order valence-electron chi connectivity index (χ3n) is 4.89. The standard InChI is InChI=1S/C17H25NO2/c1-4-18-16-11-13(17(16,2)3)12-6-7-14-15(10-12)20-9-5-8-19-14/h6-7,10,13,16,18H,4-5,8-9,11H2,1-3H3. The Labute approximate surface area is 121 Å². The molecule has 0 aromatic heterocycles. The second-order valence-corrected chi connectivity index (χ2v) is 6.48. The summed E-state index contributed by atoms with van der Waals surface area (Å²) in [5.74, 6) is 2.41. The minimum absolute atomic E-state index is 0.301. The van der Waals surface area contributed by atoms with E-state index in [1.54, 1.807) is 0 Å². The number of fused-ring (bicyclic) bond motifs is 1. The van der Waals surface area contributed by atoms with Gasteiger partial charge in [0.2, 0.25) is 0 Å². The molecule has 1 aromatic rings. The Morgan fingerprint density at radius 3 is 2.65 bits per heavy atom. The lowest BCUT2D eigenvalue weighted by Crippen LogP contribution is -2.55. The molecule has 3 nitrogen and oxygen atoms in total. The van der Waals surface area contributed by atoms with Crippen molar-refractivity contribution in [3.05, 3.63) is 23.8 Å². The van der Waals surface area contributed by atoms with E-state index in [0.29, 0.717) is 17.4 Å². The van der Waals surface area contributed by atoms with Crippen LogP contribution >= 0.6 is 0 Å². The highest BCUT2D eigenvalue weighted by Crippen LogP contribution is 2.53. The Bertz CT molecular complexity index is 484. The molecule has 0 radical (unpaired) electrons. The molecule has 1 fully saturated rings. The van der Waals surface area contributed by atoms with Crippen LogP contribution in [0, 0.1) is 5.41 Å². The smallest absolute Gasteiger partial charge is 0.161 e. The van der Waals surface area contributed by atoms with Gasteiger partial charge < -0.3 is 14.8 Å². The van der Waals surface area contributed by atoms with Gasteiger partial charge in [-0.2, -0.15) is 0 Å². The first-order valence-corrected chi connectivity index (χ1v) is 7.76. The van der Waals surface area contributed by atoms with Gasteiger partial charge in [0, 0.05) is 12.5 Å². The third kappa shape index (κ3) is 2.28. The van der Waals surface area contributed by atoms with Gasteiger partial charge >= 0.3 is 0 Å². The van der Waals surface area contributed by atoms with Crippen LogP contribution in [0.2, 0.25) is 0 Å². The van der Waals surface area contributed by atoms with E-state index < -0.39 is 0 Å². The molecule has 1 heterocycles. The first kappa shape index (κ1) is 13.7. The van der Waals surface area contributed by atoms with E-state index in [-0.39, 0.29) is 0 Å². The Morgan fingerprint density at radius 2 is 1.95 bits per heavy atom. The quantitative estimate of drug-likeness (QED) is 0.917. The molecule has 3 heteroatoms. The Kier molecular flexibility index (Phi) is 3.63. The molecule has 3 rings (SSSR count). The highest BCUT2D eigenvalue weighted by Gasteiger charge is 2.48. The fourth-order valence-corrected chi connectivity index (χ4v) is 3.48. The second kappa shape index (κ2) is 5.28. The van der Waals surface area contributed by atoms with E-state index in [2.05, 4.69) is 44.3 Å². The summed E-state index contributed by atoms with van der Waals surface area (Å²) in [4.78, 5) is 0. The van der Waals surface area contributed by atoms with Crippen molar-refractivity contribution in [3.63, 3.8) is 0 Å². The van der Waals surface area contributed by atoms with Crippen LogP contribution < -0.4 is 14.8 Å². The molecule has 0 spiro atoms. The van der Waals surface area contributed by atoms with Crippen LogP contribution in [0.25, 0.3) is 0 Å². The van der Waals surface area contributed by atoms with Gasteiger partial charge in [0.1, 0.15) is 0 Å². The van der Waals surface area contributed by atoms with Crippen molar-refractivity contribution in [3.8, 4) is 11.5 Å². The molecule has 110 valence electrons. The Balaban J connectivity index is 1.80. The zero-order valence-electron chi connectivity index (χ0n) is 12.7. The third-order valence-corrected chi connectivity index (χ3v) is 4.89. The summed E-state index contributed by atoms with van der Waals surface area (Å²) in [6.07, 6.45) is 2.17. The largest absolute Gasteiger partial charge is 0.490 e. The first-order chi connectivity index (χ1) is 9.63. The zero-order chi connectivity index (χ0) is 14.2. The topological polar surface area (TPSA) is 30.5 Å². The van der Waals surface area contributed by atoms with E-state index in [1.165, 1.54) is 12.0 Å². The van der Waals surface area contributed by atoms with Gasteiger partial charge in [-0.15, -0.1) is 0 Å². The molecule has 1 aliphatic carbocycles. The molecule has 1 saturated carbocycles. The highest BCUT2D eigenvalue weighted by atomic mass is 16.5. The van der Waals surface area contributed by atoms with Gasteiger partial charge in [0.15, 0.2) is 11.5 Å². The fourth-order valence-electron chi connectivity index (χ4n) is 3.48. The number of ether oxygens (including phenoxy) is 2. The molecular formula is C17H25NO2. The summed E-state index contributed by atoms with van der Waals surface area (Å²) in [5, 5.41) is 3.59. The van der Waals surface area contributed by atoms with E-state index in [0.717, 1.165) is 37.7 Å². The summed E-state index contributed by atoms with van der Waals surface area (Å²) in [6, 6.07) is 7.10. The zero-order valence-corrected chi connectivity index (χ0v) is 12.7. The van der Waals surface area contributed by atoms with Crippen molar-refractivity contribution in [1.29, 1.82) is 0 Å². The molecule has 0 bridgehead atoms. The molecule has 1 aliphatic heterocycles. The lowest BCUT2D eigenvalue weighted by molar-refractivity contribution is 0.0704. The first-order valence-electron chi connectivity index (χ1n) is 7.76. The van der Waals surface area contributed by atoms with Gasteiger partial charge in [-0.05, 0) is 42.0 Å². The van der Waals surface area contributed by atoms with Crippen molar-refractivity contribution in [2.45, 2.75) is 45.6 Å². The molecule has 0 saturated heterocycles. The van der Waals surface area contributed by atoms with Crippen LogP contribution in [0.5, 0.6) is 11.5 Å². The van der Waals surface area contributed by atoms with Gasteiger partial charge in [-0.25, -0.2) is 0 Å². The number of benzene rings is 1. The van der Waals surface area contributed by atoms with E-state index >= 15 is 0 Å². The number of rotatable bonds is 3. The minimum atomic E-state index is 0.301. The maximum Gasteiger partial charge on any atom is 0.161 e. The number of nitrogens with one attached hydrogen (secondary N) is 1. The molecule has 2 atom stereocenters. The number of hydrogen-bond acceptors (Lipinski definition) is 3. The summed E-state index contributed by atoms with van der Waals surface area (Å²) in [5.41, 5.74) is 1.68. The molecule has 1 N–H and O–H groups in total. The maximum absolute atomic E-state index is 5.81. The average Bonchev–Trinajstić information content (AvgIpc) is 2.67. The lowest BCUT2D eigenvalue weighted by Gasteiger charge is -2.53. The van der Waals surface area contributed by atoms with Crippen LogP contribution in [0.1, 0.15) is 45.1 Å². The second-order valence-electron chi connectivity index (χ2n) is 6.48. The summed E-state index contributed by atoms with van der Waals surface area (Å²) >= 11 is 0. The maximum atomic E-state index is 5.81. The summed E-state index contributed by atoms with van der Waals surface area (Å²) in [6.45, 7) is 9.45. The van der Waals surface area contributed by atoms with Gasteiger partial charge in [-0.1, -0.05) is 26.8 Å². The fraction of sp³-hybridized carbons (Fsp3) is 0.647. The Morgan fingerprint density at radius 1 is 1.20 bits per heavy atom. The predicted octanol–water partition coefficient (Wildman–Crippen LogP) is 3.34. The van der Waals surface area contributed by atoms with Gasteiger partial charge in [0.05, 0.1) is 13.2 Å². The monoisotopic (exact) mass is 275 g/mol. The SMILES string of the molecule is CCNC1CC(c2ccc3c(c2)OCCCO3)C1(C)C. The molecule has 20 heavy (non-hydrogen) atoms. The lowest BCUT2D eigenvalue weighted by atomic mass is 9.56. The van der Waals surface area contributed by atoms with Crippen LogP contribution in [-0.2, 0) is 0 Å². The van der Waals surface area contributed by atoms with Crippen molar-refractivity contribution >= 4 is 0 Å². The molecular weight excluding hydrogens is 250 g/mol. The molecule has 2 aliphatic rings. The molecule has 2 unspecified atom stereocenters. The van der Waals surface area contributed by atoms with Crippen molar-refractivity contribution in [2.75, 3.05) is 19.8 Å². The minimum Gasteiger partial charge on any atom is -0.490 e. The van der Waals surface area contributed by atoms with Crippen LogP contribution in [-0.4, -0.2) is 25.8 Å². The summed E-state index contributed by atoms with van der Waals surface area (Å²) < 4.78 is 11.5. The number of hydrogen-bond donors (Lipinski definition) is 1. The molecule has 1 aromatic carbocycles. The van der Waals surface area contributed by atoms with Gasteiger partial charge in [0.25, 0.3) is 0 Å². The average molecular weight is 275 g/mol. The van der Waals surface area contributed by atoms with E-state index in [1.807, 2.05) is 0 Å². The van der Waals surface area contributed by atoms with Gasteiger partial charge in [-0.3, -0.25) is 0 Å². The van der Waals surface area contributed by atoms with Crippen LogP contribution in [0.3, 0.4) is 0 Å². The summed E-state index contributed by atoms with van der Waals surface area (Å²) in [7, 11) is 0. The van der Waals surface area contributed by atoms with Crippen LogP contribution in [0.15, 0.2) is 18.2 Å². The molecule has 0 amide bonds. The van der Waals surface area contributed by atoms with E-state index in [4.69, 9.17) is 9.47 Å². The van der Waals surface area contributed by atoms with Crippen LogP contribution in [0.4, 0.5) is 0 Å².